The molecular weight excluding hydrogens is 303 g/mol. The second-order valence-electron chi connectivity index (χ2n) is 6.49. The Morgan fingerprint density at radius 3 is 2.71 bits per heavy atom. The van der Waals surface area contributed by atoms with Crippen LogP contribution in [0.15, 0.2) is 42.5 Å². The second-order valence-corrected chi connectivity index (χ2v) is 6.49. The van der Waals surface area contributed by atoms with Crippen LogP contribution in [0.25, 0.3) is 0 Å². The molecule has 0 bridgehead atoms. The van der Waals surface area contributed by atoms with E-state index in [1.54, 1.807) is 18.2 Å². The molecule has 2 aromatic carbocycles. The Morgan fingerprint density at radius 2 is 2.00 bits per heavy atom. The van der Waals surface area contributed by atoms with E-state index < -0.39 is 5.60 Å². The molecule has 2 aromatic rings. The lowest BCUT2D eigenvalue weighted by atomic mass is 9.81. The van der Waals surface area contributed by atoms with E-state index in [-0.39, 0.29) is 5.82 Å². The van der Waals surface area contributed by atoms with Gasteiger partial charge in [0.05, 0.1) is 18.2 Å². The van der Waals surface area contributed by atoms with Gasteiger partial charge in [-0.15, -0.1) is 0 Å². The van der Waals surface area contributed by atoms with E-state index in [1.165, 1.54) is 6.07 Å². The van der Waals surface area contributed by atoms with Gasteiger partial charge in [-0.25, -0.2) is 4.39 Å². The van der Waals surface area contributed by atoms with Crippen LogP contribution in [0, 0.1) is 17.1 Å². The highest BCUT2D eigenvalue weighted by molar-refractivity contribution is 5.48. The molecule has 1 heterocycles. The van der Waals surface area contributed by atoms with Crippen molar-refractivity contribution in [2.45, 2.75) is 25.0 Å². The summed E-state index contributed by atoms with van der Waals surface area (Å²) in [7, 11) is 4.05. The molecule has 24 heavy (non-hydrogen) atoms. The fraction of sp³-hybridized carbons (Fsp3) is 0.350. The topological polar surface area (TPSA) is 36.3 Å². The maximum absolute atomic E-state index is 14.6. The molecule has 0 aromatic heterocycles. The fourth-order valence-corrected chi connectivity index (χ4v) is 3.45. The molecular formula is C20H21FN2O. The lowest BCUT2D eigenvalue weighted by Crippen LogP contribution is -2.29. The van der Waals surface area contributed by atoms with Crippen LogP contribution >= 0.6 is 0 Å². The molecule has 0 fully saturated rings. The van der Waals surface area contributed by atoms with E-state index in [9.17, 15) is 4.39 Å². The Hall–Kier alpha value is -2.22. The summed E-state index contributed by atoms with van der Waals surface area (Å²) in [6.45, 7) is 1.31. The summed E-state index contributed by atoms with van der Waals surface area (Å²) in [5.41, 5.74) is 2.36. The summed E-state index contributed by atoms with van der Waals surface area (Å²) in [5, 5.41) is 9.11. The number of fused-ring (bicyclic) bond motifs is 1. The maximum atomic E-state index is 14.6. The van der Waals surface area contributed by atoms with Crippen molar-refractivity contribution in [2.75, 3.05) is 20.6 Å². The molecule has 4 heteroatoms. The van der Waals surface area contributed by atoms with Crippen LogP contribution in [0.1, 0.15) is 35.1 Å². The summed E-state index contributed by atoms with van der Waals surface area (Å²) in [4.78, 5) is 2.11. The smallest absolute Gasteiger partial charge is 0.129 e. The maximum Gasteiger partial charge on any atom is 0.129 e. The first-order valence-electron chi connectivity index (χ1n) is 8.14. The van der Waals surface area contributed by atoms with E-state index in [2.05, 4.69) is 11.0 Å². The first-order valence-corrected chi connectivity index (χ1v) is 8.14. The van der Waals surface area contributed by atoms with Gasteiger partial charge < -0.3 is 9.64 Å². The Labute approximate surface area is 142 Å². The lowest BCUT2D eigenvalue weighted by molar-refractivity contribution is -0.0163. The van der Waals surface area contributed by atoms with Gasteiger partial charge >= 0.3 is 0 Å². The van der Waals surface area contributed by atoms with Gasteiger partial charge in [0.25, 0.3) is 0 Å². The number of ether oxygens (including phenoxy) is 1. The number of hydrogen-bond acceptors (Lipinski definition) is 3. The molecule has 0 spiro atoms. The molecule has 3 nitrogen and oxygen atoms in total. The van der Waals surface area contributed by atoms with Crippen molar-refractivity contribution in [3.05, 3.63) is 70.5 Å². The monoisotopic (exact) mass is 324 g/mol. The van der Waals surface area contributed by atoms with Crippen LogP contribution in [0.5, 0.6) is 0 Å². The Morgan fingerprint density at radius 1 is 1.21 bits per heavy atom. The molecule has 3 rings (SSSR count). The van der Waals surface area contributed by atoms with E-state index in [1.807, 2.05) is 32.3 Å². The van der Waals surface area contributed by atoms with E-state index in [0.717, 1.165) is 24.1 Å². The fourth-order valence-electron chi connectivity index (χ4n) is 3.45. The predicted molar refractivity (Wildman–Crippen MR) is 90.9 cm³/mol. The van der Waals surface area contributed by atoms with Crippen molar-refractivity contribution in [3.8, 4) is 6.07 Å². The summed E-state index contributed by atoms with van der Waals surface area (Å²) in [6.07, 6.45) is 1.59. The molecule has 1 aliphatic heterocycles. The van der Waals surface area contributed by atoms with E-state index >= 15 is 0 Å². The van der Waals surface area contributed by atoms with Gasteiger partial charge in [0, 0.05) is 5.56 Å². The molecule has 0 saturated heterocycles. The van der Waals surface area contributed by atoms with Gasteiger partial charge in [-0.1, -0.05) is 24.3 Å². The molecule has 1 unspecified atom stereocenters. The highest BCUT2D eigenvalue weighted by Crippen LogP contribution is 2.46. The van der Waals surface area contributed by atoms with Crippen LogP contribution in [0.2, 0.25) is 0 Å². The van der Waals surface area contributed by atoms with Crippen molar-refractivity contribution in [1.29, 1.82) is 5.26 Å². The number of nitrogens with zero attached hydrogens (tertiary/aromatic N) is 2. The van der Waals surface area contributed by atoms with Crippen LogP contribution < -0.4 is 0 Å². The van der Waals surface area contributed by atoms with Crippen molar-refractivity contribution in [1.82, 2.24) is 4.90 Å². The summed E-state index contributed by atoms with van der Waals surface area (Å²) in [5.74, 6) is -0.250. The quantitative estimate of drug-likeness (QED) is 0.839. The Bertz CT molecular complexity index is 781. The third-order valence-electron chi connectivity index (χ3n) is 4.59. The zero-order valence-corrected chi connectivity index (χ0v) is 14.1. The van der Waals surface area contributed by atoms with Gasteiger partial charge in [-0.3, -0.25) is 0 Å². The number of halogens is 1. The highest BCUT2D eigenvalue weighted by Gasteiger charge is 2.43. The summed E-state index contributed by atoms with van der Waals surface area (Å²) < 4.78 is 20.8. The van der Waals surface area contributed by atoms with Crippen LogP contribution in [-0.4, -0.2) is 25.5 Å². The average Bonchev–Trinajstić information content (AvgIpc) is 2.94. The van der Waals surface area contributed by atoms with Gasteiger partial charge in [-0.05, 0) is 62.8 Å². The van der Waals surface area contributed by atoms with Gasteiger partial charge in [-0.2, -0.15) is 5.26 Å². The molecule has 0 radical (unpaired) electrons. The van der Waals surface area contributed by atoms with Crippen molar-refractivity contribution < 1.29 is 9.13 Å². The Balaban J connectivity index is 2.06. The predicted octanol–water partition coefficient (Wildman–Crippen LogP) is 3.81. The zero-order chi connectivity index (χ0) is 17.2. The van der Waals surface area contributed by atoms with Crippen LogP contribution in [-0.2, 0) is 16.9 Å². The third-order valence-corrected chi connectivity index (χ3v) is 4.59. The number of hydrogen-bond donors (Lipinski definition) is 0. The molecule has 0 aliphatic carbocycles. The molecule has 0 amide bonds. The molecule has 1 atom stereocenters. The third kappa shape index (κ3) is 2.93. The second kappa shape index (κ2) is 6.72. The minimum absolute atomic E-state index is 0.250. The van der Waals surface area contributed by atoms with Gasteiger partial charge in [0.1, 0.15) is 11.4 Å². The van der Waals surface area contributed by atoms with Crippen LogP contribution in [0.3, 0.4) is 0 Å². The number of benzene rings is 2. The van der Waals surface area contributed by atoms with Gasteiger partial charge in [0.15, 0.2) is 0 Å². The first kappa shape index (κ1) is 16.6. The number of nitriles is 1. The Kier molecular flexibility index (Phi) is 4.66. The van der Waals surface area contributed by atoms with Gasteiger partial charge in [0.2, 0.25) is 0 Å². The highest BCUT2D eigenvalue weighted by atomic mass is 19.1. The normalized spacial score (nSPS) is 19.3. The minimum Gasteiger partial charge on any atom is -0.361 e. The molecule has 1 aliphatic rings. The minimum atomic E-state index is -0.773. The molecule has 124 valence electrons. The SMILES string of the molecule is CN(C)CCCC1(c2ccccc2F)OCc2cc(C#N)ccc21. The molecule has 0 N–H and O–H groups in total. The first-order chi connectivity index (χ1) is 11.6. The summed E-state index contributed by atoms with van der Waals surface area (Å²) in [6, 6.07) is 14.5. The molecule has 0 saturated carbocycles. The average molecular weight is 324 g/mol. The standard InChI is InChI=1S/C20H21FN2O/c1-23(2)11-5-10-20(18-6-3-4-7-19(18)21)17-9-8-15(13-22)12-16(17)14-24-20/h3-4,6-9,12H,5,10-11,14H2,1-2H3. The van der Waals surface area contributed by atoms with E-state index in [4.69, 9.17) is 10.00 Å². The van der Waals surface area contributed by atoms with Crippen molar-refractivity contribution in [2.24, 2.45) is 0 Å². The van der Waals surface area contributed by atoms with Crippen LogP contribution in [0.4, 0.5) is 4.39 Å². The van der Waals surface area contributed by atoms with E-state index in [0.29, 0.717) is 24.2 Å². The number of rotatable bonds is 5. The zero-order valence-electron chi connectivity index (χ0n) is 14.1. The van der Waals surface area contributed by atoms with Crippen molar-refractivity contribution >= 4 is 0 Å². The largest absolute Gasteiger partial charge is 0.361 e. The summed E-state index contributed by atoms with van der Waals surface area (Å²) >= 11 is 0. The van der Waals surface area contributed by atoms with Crippen molar-refractivity contribution in [3.63, 3.8) is 0 Å². The lowest BCUT2D eigenvalue weighted by Gasteiger charge is -2.31.